The fraction of sp³-hybridized carbons (Fsp3) is 0.333. The fourth-order valence-corrected chi connectivity index (χ4v) is 3.78. The standard InChI is InChI=1S/C18H22O6S/c1-13-11-15(3-5-17(13)23-9-7-19)25(21,22)16-4-6-18(14(2)12-16)24-10-8-20/h3-6,11-12,19-20H,7-10H2,1-2H3. The van der Waals surface area contributed by atoms with Crippen LogP contribution in [-0.4, -0.2) is 45.1 Å². The Morgan fingerprint density at radius 3 is 1.52 bits per heavy atom. The smallest absolute Gasteiger partial charge is 0.206 e. The van der Waals surface area contributed by atoms with Crippen molar-refractivity contribution in [2.45, 2.75) is 23.6 Å². The molecule has 0 spiro atoms. The van der Waals surface area contributed by atoms with Gasteiger partial charge >= 0.3 is 0 Å². The second kappa shape index (κ2) is 8.33. The van der Waals surface area contributed by atoms with E-state index in [1.54, 1.807) is 38.1 Å². The lowest BCUT2D eigenvalue weighted by molar-refractivity contribution is 0.200. The summed E-state index contributed by atoms with van der Waals surface area (Å²) in [5, 5.41) is 17.6. The molecule has 25 heavy (non-hydrogen) atoms. The number of hydrogen-bond donors (Lipinski definition) is 2. The lowest BCUT2D eigenvalue weighted by atomic mass is 10.2. The maximum Gasteiger partial charge on any atom is 0.206 e. The van der Waals surface area contributed by atoms with Gasteiger partial charge in [0.1, 0.15) is 24.7 Å². The van der Waals surface area contributed by atoms with Gasteiger partial charge in [0.25, 0.3) is 0 Å². The van der Waals surface area contributed by atoms with Crippen molar-refractivity contribution < 1.29 is 28.1 Å². The van der Waals surface area contributed by atoms with Crippen LogP contribution in [0, 0.1) is 13.8 Å². The molecule has 0 aliphatic carbocycles. The molecule has 2 N–H and O–H groups in total. The Morgan fingerprint density at radius 1 is 0.800 bits per heavy atom. The van der Waals surface area contributed by atoms with Gasteiger partial charge < -0.3 is 19.7 Å². The van der Waals surface area contributed by atoms with E-state index in [0.29, 0.717) is 22.6 Å². The molecule has 0 bridgehead atoms. The maximum absolute atomic E-state index is 12.8. The van der Waals surface area contributed by atoms with Gasteiger partial charge in [-0.3, -0.25) is 0 Å². The van der Waals surface area contributed by atoms with Gasteiger partial charge in [0, 0.05) is 0 Å². The van der Waals surface area contributed by atoms with E-state index in [0.717, 1.165) is 0 Å². The molecular weight excluding hydrogens is 344 g/mol. The second-order valence-electron chi connectivity index (χ2n) is 5.50. The summed E-state index contributed by atoms with van der Waals surface area (Å²) in [5.41, 5.74) is 1.35. The largest absolute Gasteiger partial charge is 0.491 e. The Bertz CT molecular complexity index is 766. The van der Waals surface area contributed by atoms with Crippen molar-refractivity contribution in [2.24, 2.45) is 0 Å². The third-order valence-corrected chi connectivity index (χ3v) is 5.36. The van der Waals surface area contributed by atoms with E-state index in [2.05, 4.69) is 0 Å². The lowest BCUT2D eigenvalue weighted by Gasteiger charge is -2.12. The second-order valence-corrected chi connectivity index (χ2v) is 7.45. The van der Waals surface area contributed by atoms with Gasteiger partial charge in [-0.05, 0) is 61.4 Å². The number of hydrogen-bond acceptors (Lipinski definition) is 6. The topological polar surface area (TPSA) is 93.1 Å². The first-order chi connectivity index (χ1) is 11.9. The SMILES string of the molecule is Cc1cc(S(=O)(=O)c2ccc(OCCO)c(C)c2)ccc1OCCO. The van der Waals surface area contributed by atoms with Crippen LogP contribution in [0.5, 0.6) is 11.5 Å². The van der Waals surface area contributed by atoms with E-state index < -0.39 is 9.84 Å². The van der Waals surface area contributed by atoms with E-state index in [-0.39, 0.29) is 36.2 Å². The van der Waals surface area contributed by atoms with E-state index in [4.69, 9.17) is 19.7 Å². The van der Waals surface area contributed by atoms with Crippen LogP contribution < -0.4 is 9.47 Å². The molecule has 0 unspecified atom stereocenters. The number of aliphatic hydroxyl groups excluding tert-OH is 2. The zero-order valence-corrected chi connectivity index (χ0v) is 15.0. The predicted octanol–water partition coefficient (Wildman–Crippen LogP) is 1.88. The van der Waals surface area contributed by atoms with Crippen molar-refractivity contribution in [1.29, 1.82) is 0 Å². The minimum Gasteiger partial charge on any atom is -0.491 e. The van der Waals surface area contributed by atoms with Gasteiger partial charge in [-0.2, -0.15) is 0 Å². The molecule has 0 aliphatic rings. The van der Waals surface area contributed by atoms with Crippen LogP contribution in [-0.2, 0) is 9.84 Å². The Morgan fingerprint density at radius 2 is 1.20 bits per heavy atom. The molecule has 0 saturated carbocycles. The summed E-state index contributed by atoms with van der Waals surface area (Å²) in [4.78, 5) is 0.342. The Labute approximate surface area is 147 Å². The molecule has 0 aromatic heterocycles. The highest BCUT2D eigenvalue weighted by Crippen LogP contribution is 2.29. The molecule has 0 fully saturated rings. The Hall–Kier alpha value is -2.09. The number of rotatable bonds is 8. The van der Waals surface area contributed by atoms with Gasteiger partial charge in [-0.15, -0.1) is 0 Å². The minimum atomic E-state index is -3.67. The molecule has 0 heterocycles. The Kier molecular flexibility index (Phi) is 6.41. The molecule has 0 atom stereocenters. The molecule has 0 radical (unpaired) electrons. The first-order valence-electron chi connectivity index (χ1n) is 7.84. The number of aryl methyl sites for hydroxylation is 2. The third kappa shape index (κ3) is 4.50. The summed E-state index contributed by atoms with van der Waals surface area (Å²) in [7, 11) is -3.67. The van der Waals surface area contributed by atoms with E-state index >= 15 is 0 Å². The summed E-state index contributed by atoms with van der Waals surface area (Å²) in [6, 6.07) is 9.25. The molecule has 2 aromatic rings. The van der Waals surface area contributed by atoms with Crippen LogP contribution in [0.15, 0.2) is 46.2 Å². The highest BCUT2D eigenvalue weighted by molar-refractivity contribution is 7.91. The fourth-order valence-electron chi connectivity index (χ4n) is 2.35. The summed E-state index contributed by atoms with van der Waals surface area (Å²) in [6.07, 6.45) is 0. The van der Waals surface area contributed by atoms with Crippen molar-refractivity contribution >= 4 is 9.84 Å². The van der Waals surface area contributed by atoms with Gasteiger partial charge in [0.15, 0.2) is 0 Å². The summed E-state index contributed by atoms with van der Waals surface area (Å²) in [5.74, 6) is 1.08. The molecule has 2 aromatic carbocycles. The highest BCUT2D eigenvalue weighted by Gasteiger charge is 2.20. The summed E-state index contributed by atoms with van der Waals surface area (Å²) < 4.78 is 36.4. The van der Waals surface area contributed by atoms with Gasteiger partial charge in [0.2, 0.25) is 9.84 Å². The van der Waals surface area contributed by atoms with Gasteiger partial charge in [0.05, 0.1) is 23.0 Å². The van der Waals surface area contributed by atoms with Gasteiger partial charge in [-0.25, -0.2) is 8.42 Å². The number of sulfone groups is 1. The molecule has 0 amide bonds. The zero-order valence-electron chi connectivity index (χ0n) is 14.2. The van der Waals surface area contributed by atoms with Crippen LogP contribution in [0.2, 0.25) is 0 Å². The molecule has 136 valence electrons. The van der Waals surface area contributed by atoms with Crippen molar-refractivity contribution in [3.63, 3.8) is 0 Å². The van der Waals surface area contributed by atoms with Crippen LogP contribution >= 0.6 is 0 Å². The maximum atomic E-state index is 12.8. The number of aliphatic hydroxyl groups is 2. The van der Waals surface area contributed by atoms with Crippen molar-refractivity contribution in [2.75, 3.05) is 26.4 Å². The van der Waals surface area contributed by atoms with Crippen LogP contribution in [0.4, 0.5) is 0 Å². The molecule has 6 nitrogen and oxygen atoms in total. The van der Waals surface area contributed by atoms with Crippen molar-refractivity contribution in [3.05, 3.63) is 47.5 Å². The Balaban J connectivity index is 2.32. The molecule has 0 aliphatic heterocycles. The minimum absolute atomic E-state index is 0.108. The first-order valence-corrected chi connectivity index (χ1v) is 9.32. The normalized spacial score (nSPS) is 11.4. The quantitative estimate of drug-likeness (QED) is 0.741. The lowest BCUT2D eigenvalue weighted by Crippen LogP contribution is -2.07. The summed E-state index contributed by atoms with van der Waals surface area (Å²) >= 11 is 0. The molecular formula is C18H22O6S. The zero-order chi connectivity index (χ0) is 18.4. The average Bonchev–Trinajstić information content (AvgIpc) is 2.59. The average molecular weight is 366 g/mol. The summed E-state index contributed by atoms with van der Waals surface area (Å²) in [6.45, 7) is 3.60. The van der Waals surface area contributed by atoms with E-state index in [1.165, 1.54) is 12.1 Å². The van der Waals surface area contributed by atoms with Crippen molar-refractivity contribution in [3.8, 4) is 11.5 Å². The van der Waals surface area contributed by atoms with E-state index in [1.807, 2.05) is 0 Å². The monoisotopic (exact) mass is 366 g/mol. The molecule has 7 heteroatoms. The van der Waals surface area contributed by atoms with Crippen LogP contribution in [0.25, 0.3) is 0 Å². The first kappa shape index (κ1) is 19.2. The van der Waals surface area contributed by atoms with Crippen molar-refractivity contribution in [1.82, 2.24) is 0 Å². The van der Waals surface area contributed by atoms with Crippen LogP contribution in [0.3, 0.4) is 0 Å². The highest BCUT2D eigenvalue weighted by atomic mass is 32.2. The van der Waals surface area contributed by atoms with Gasteiger partial charge in [-0.1, -0.05) is 0 Å². The molecule has 2 rings (SSSR count). The predicted molar refractivity (Wildman–Crippen MR) is 93.0 cm³/mol. The van der Waals surface area contributed by atoms with E-state index in [9.17, 15) is 8.42 Å². The molecule has 0 saturated heterocycles. The number of ether oxygens (including phenoxy) is 2. The third-order valence-electron chi connectivity index (χ3n) is 3.61. The number of benzene rings is 2. The van der Waals surface area contributed by atoms with Crippen LogP contribution in [0.1, 0.15) is 11.1 Å².